The number of halogens is 1. The minimum Gasteiger partial charge on any atom is -0.271 e. The van der Waals surface area contributed by atoms with Crippen LogP contribution in [0.25, 0.3) is 0 Å². The van der Waals surface area contributed by atoms with Crippen LogP contribution in [-0.2, 0) is 4.84 Å². The second kappa shape index (κ2) is 3.65. The highest BCUT2D eigenvalue weighted by Crippen LogP contribution is 2.24. The van der Waals surface area contributed by atoms with Crippen LogP contribution in [0.4, 0.5) is 0 Å². The Morgan fingerprint density at radius 2 is 2.54 bits per heavy atom. The van der Waals surface area contributed by atoms with Crippen molar-refractivity contribution in [2.24, 2.45) is 0 Å². The standard InChI is InChI=1S/C8H8ClNO2S/c9-6-2-5-13-7(6)8(11)10-3-1-4-12-10/h2,5H,1,3-4H2. The molecule has 5 heteroatoms. The Bertz CT molecular complexity index is 320. The summed E-state index contributed by atoms with van der Waals surface area (Å²) in [7, 11) is 0. The van der Waals surface area contributed by atoms with Gasteiger partial charge in [-0.25, -0.2) is 5.06 Å². The average molecular weight is 218 g/mol. The van der Waals surface area contributed by atoms with E-state index in [4.69, 9.17) is 16.4 Å². The van der Waals surface area contributed by atoms with Crippen LogP contribution in [0.1, 0.15) is 16.1 Å². The van der Waals surface area contributed by atoms with E-state index < -0.39 is 0 Å². The molecule has 0 N–H and O–H groups in total. The number of rotatable bonds is 1. The monoisotopic (exact) mass is 217 g/mol. The van der Waals surface area contributed by atoms with E-state index in [1.807, 2.05) is 0 Å². The van der Waals surface area contributed by atoms with E-state index in [1.165, 1.54) is 16.4 Å². The van der Waals surface area contributed by atoms with Gasteiger partial charge >= 0.3 is 0 Å². The van der Waals surface area contributed by atoms with Crippen LogP contribution < -0.4 is 0 Å². The van der Waals surface area contributed by atoms with E-state index in [0.29, 0.717) is 23.1 Å². The van der Waals surface area contributed by atoms with E-state index in [0.717, 1.165) is 6.42 Å². The summed E-state index contributed by atoms with van der Waals surface area (Å²) in [6, 6.07) is 1.72. The van der Waals surface area contributed by atoms with Crippen LogP contribution in [0.5, 0.6) is 0 Å². The number of amides is 1. The summed E-state index contributed by atoms with van der Waals surface area (Å²) >= 11 is 7.16. The van der Waals surface area contributed by atoms with Gasteiger partial charge in [0.25, 0.3) is 5.91 Å². The molecule has 0 saturated carbocycles. The van der Waals surface area contributed by atoms with Crippen LogP contribution in [0.2, 0.25) is 5.02 Å². The summed E-state index contributed by atoms with van der Waals surface area (Å²) in [5.74, 6) is -0.127. The third-order valence-electron chi connectivity index (χ3n) is 1.79. The summed E-state index contributed by atoms with van der Waals surface area (Å²) in [5, 5.41) is 3.68. The van der Waals surface area contributed by atoms with Gasteiger partial charge in [-0.2, -0.15) is 0 Å². The van der Waals surface area contributed by atoms with Gasteiger partial charge in [-0.1, -0.05) is 11.6 Å². The predicted octanol–water partition coefficient (Wildman–Crippen LogP) is 2.18. The number of hydroxylamine groups is 2. The Balaban J connectivity index is 2.17. The van der Waals surface area contributed by atoms with Crippen molar-refractivity contribution in [1.82, 2.24) is 5.06 Å². The van der Waals surface area contributed by atoms with Crippen LogP contribution in [-0.4, -0.2) is 24.1 Å². The smallest absolute Gasteiger partial charge is 0.271 e. The van der Waals surface area contributed by atoms with Gasteiger partial charge in [-0.05, 0) is 17.9 Å². The Labute approximate surface area is 84.8 Å². The van der Waals surface area contributed by atoms with Crippen molar-refractivity contribution < 1.29 is 9.63 Å². The number of hydrogen-bond acceptors (Lipinski definition) is 3. The van der Waals surface area contributed by atoms with E-state index in [1.54, 1.807) is 11.4 Å². The molecule has 0 spiro atoms. The molecular weight excluding hydrogens is 210 g/mol. The molecule has 1 aliphatic heterocycles. The zero-order chi connectivity index (χ0) is 9.26. The largest absolute Gasteiger partial charge is 0.289 e. The molecule has 1 fully saturated rings. The topological polar surface area (TPSA) is 29.5 Å². The minimum atomic E-state index is -0.127. The molecule has 0 aliphatic carbocycles. The van der Waals surface area contributed by atoms with Crippen molar-refractivity contribution in [2.45, 2.75) is 6.42 Å². The quantitative estimate of drug-likeness (QED) is 0.722. The van der Waals surface area contributed by atoms with Crippen molar-refractivity contribution in [1.29, 1.82) is 0 Å². The fourth-order valence-corrected chi connectivity index (χ4v) is 2.24. The Kier molecular flexibility index (Phi) is 2.53. The second-order valence-electron chi connectivity index (χ2n) is 2.69. The molecule has 1 aromatic heterocycles. The Morgan fingerprint density at radius 3 is 3.08 bits per heavy atom. The summed E-state index contributed by atoms with van der Waals surface area (Å²) in [6.07, 6.45) is 0.898. The van der Waals surface area contributed by atoms with E-state index >= 15 is 0 Å². The molecule has 1 aromatic rings. The highest BCUT2D eigenvalue weighted by Gasteiger charge is 2.23. The van der Waals surface area contributed by atoms with Crippen molar-refractivity contribution >= 4 is 28.8 Å². The van der Waals surface area contributed by atoms with Gasteiger partial charge in [0.05, 0.1) is 18.2 Å². The summed E-state index contributed by atoms with van der Waals surface area (Å²) < 4.78 is 0. The molecule has 13 heavy (non-hydrogen) atoms. The highest BCUT2D eigenvalue weighted by atomic mass is 35.5. The molecule has 2 rings (SSSR count). The molecule has 1 saturated heterocycles. The zero-order valence-corrected chi connectivity index (χ0v) is 8.40. The third kappa shape index (κ3) is 1.70. The number of carbonyl (C=O) groups is 1. The first kappa shape index (κ1) is 8.99. The first-order valence-electron chi connectivity index (χ1n) is 3.97. The fraction of sp³-hybridized carbons (Fsp3) is 0.375. The lowest BCUT2D eigenvalue weighted by atomic mass is 10.4. The van der Waals surface area contributed by atoms with Crippen LogP contribution >= 0.6 is 22.9 Å². The maximum Gasteiger partial charge on any atom is 0.289 e. The van der Waals surface area contributed by atoms with E-state index in [2.05, 4.69) is 0 Å². The zero-order valence-electron chi connectivity index (χ0n) is 6.83. The van der Waals surface area contributed by atoms with Gasteiger partial charge in [0, 0.05) is 0 Å². The molecule has 0 unspecified atom stereocenters. The normalized spacial score (nSPS) is 16.5. The molecular formula is C8H8ClNO2S. The fourth-order valence-electron chi connectivity index (χ4n) is 1.17. The lowest BCUT2D eigenvalue weighted by molar-refractivity contribution is -0.0765. The summed E-state index contributed by atoms with van der Waals surface area (Å²) in [6.45, 7) is 1.28. The lowest BCUT2D eigenvalue weighted by Crippen LogP contribution is -2.25. The molecule has 0 radical (unpaired) electrons. The third-order valence-corrected chi connectivity index (χ3v) is 3.12. The van der Waals surface area contributed by atoms with E-state index in [9.17, 15) is 4.79 Å². The lowest BCUT2D eigenvalue weighted by Gasteiger charge is -2.12. The van der Waals surface area contributed by atoms with Crippen LogP contribution in [0, 0.1) is 0 Å². The van der Waals surface area contributed by atoms with Gasteiger partial charge in [-0.3, -0.25) is 9.63 Å². The minimum absolute atomic E-state index is 0.127. The van der Waals surface area contributed by atoms with Crippen molar-refractivity contribution in [2.75, 3.05) is 13.2 Å². The average Bonchev–Trinajstić information content (AvgIpc) is 2.72. The second-order valence-corrected chi connectivity index (χ2v) is 4.02. The van der Waals surface area contributed by atoms with Crippen LogP contribution in [0.3, 0.4) is 0 Å². The maximum absolute atomic E-state index is 11.7. The Morgan fingerprint density at radius 1 is 1.69 bits per heavy atom. The number of hydrogen-bond donors (Lipinski definition) is 0. The van der Waals surface area contributed by atoms with Gasteiger partial charge < -0.3 is 0 Å². The molecule has 2 heterocycles. The summed E-state index contributed by atoms with van der Waals surface area (Å²) in [5.41, 5.74) is 0. The molecule has 3 nitrogen and oxygen atoms in total. The first-order chi connectivity index (χ1) is 6.29. The van der Waals surface area contributed by atoms with Crippen LogP contribution in [0.15, 0.2) is 11.4 Å². The van der Waals surface area contributed by atoms with Crippen molar-refractivity contribution in [3.63, 3.8) is 0 Å². The van der Waals surface area contributed by atoms with Gasteiger partial charge in [-0.15, -0.1) is 11.3 Å². The number of carbonyl (C=O) groups excluding carboxylic acids is 1. The molecule has 0 bridgehead atoms. The molecule has 0 atom stereocenters. The number of thiophene rings is 1. The molecule has 70 valence electrons. The maximum atomic E-state index is 11.7. The first-order valence-corrected chi connectivity index (χ1v) is 5.22. The van der Waals surface area contributed by atoms with Gasteiger partial charge in [0.1, 0.15) is 4.88 Å². The van der Waals surface area contributed by atoms with Gasteiger partial charge in [0.15, 0.2) is 0 Å². The molecule has 0 aromatic carbocycles. The molecule has 1 aliphatic rings. The van der Waals surface area contributed by atoms with Crippen molar-refractivity contribution in [3.8, 4) is 0 Å². The molecule has 1 amide bonds. The van der Waals surface area contributed by atoms with Gasteiger partial charge in [0.2, 0.25) is 0 Å². The number of nitrogens with zero attached hydrogens (tertiary/aromatic N) is 1. The highest BCUT2D eigenvalue weighted by molar-refractivity contribution is 7.12. The predicted molar refractivity (Wildman–Crippen MR) is 50.9 cm³/mol. The summed E-state index contributed by atoms with van der Waals surface area (Å²) in [4.78, 5) is 17.3. The SMILES string of the molecule is O=C(c1sccc1Cl)N1CCCO1. The van der Waals surface area contributed by atoms with E-state index in [-0.39, 0.29) is 5.91 Å². The Hall–Kier alpha value is -0.580. The van der Waals surface area contributed by atoms with Crippen molar-refractivity contribution in [3.05, 3.63) is 21.3 Å².